The Morgan fingerprint density at radius 2 is 1.79 bits per heavy atom. The summed E-state index contributed by atoms with van der Waals surface area (Å²) >= 11 is 0. The molecule has 28 heavy (non-hydrogen) atoms. The van der Waals surface area contributed by atoms with Crippen LogP contribution >= 0.6 is 0 Å². The molecular weight excluding hydrogens is 354 g/mol. The fourth-order valence-electron chi connectivity index (χ4n) is 3.73. The zero-order chi connectivity index (χ0) is 19.7. The number of aryl methyl sites for hydroxylation is 2. The van der Waals surface area contributed by atoms with Crippen LogP contribution in [0.3, 0.4) is 0 Å². The third-order valence-electron chi connectivity index (χ3n) is 5.17. The van der Waals surface area contributed by atoms with Crippen molar-refractivity contribution in [3.63, 3.8) is 0 Å². The van der Waals surface area contributed by atoms with Gasteiger partial charge < -0.3 is 15.7 Å². The lowest BCUT2D eigenvalue weighted by Gasteiger charge is -2.23. The number of phenolic OH excluding ortho intramolecular Hbond substituents is 1. The van der Waals surface area contributed by atoms with Crippen molar-refractivity contribution in [2.24, 2.45) is 0 Å². The van der Waals surface area contributed by atoms with Gasteiger partial charge in [-0.3, -0.25) is 0 Å². The molecule has 2 aromatic carbocycles. The van der Waals surface area contributed by atoms with E-state index >= 15 is 0 Å². The molecule has 7 nitrogen and oxygen atoms in total. The largest absolute Gasteiger partial charge is 0.504 e. The van der Waals surface area contributed by atoms with Crippen molar-refractivity contribution >= 4 is 22.8 Å². The first kappa shape index (κ1) is 18.3. The number of fused-ring (bicyclic) bond motifs is 1. The number of rotatable bonds is 3. The molecule has 1 fully saturated rings. The lowest BCUT2D eigenvalue weighted by Crippen LogP contribution is -2.39. The van der Waals surface area contributed by atoms with Crippen molar-refractivity contribution in [2.45, 2.75) is 52.0 Å². The van der Waals surface area contributed by atoms with Crippen molar-refractivity contribution in [1.82, 2.24) is 20.3 Å². The van der Waals surface area contributed by atoms with Crippen LogP contribution < -0.4 is 10.6 Å². The second kappa shape index (κ2) is 7.50. The first-order valence-corrected chi connectivity index (χ1v) is 9.75. The molecule has 1 saturated carbocycles. The molecule has 1 aliphatic rings. The number of anilines is 1. The van der Waals surface area contributed by atoms with E-state index in [2.05, 4.69) is 20.8 Å². The molecule has 0 unspecified atom stereocenters. The first-order valence-electron chi connectivity index (χ1n) is 9.75. The quantitative estimate of drug-likeness (QED) is 0.595. The number of carbonyl (C=O) groups is 1. The van der Waals surface area contributed by atoms with Crippen LogP contribution in [0, 0.1) is 13.8 Å². The summed E-state index contributed by atoms with van der Waals surface area (Å²) in [7, 11) is 0. The molecule has 0 bridgehead atoms. The Labute approximate surface area is 163 Å². The molecule has 3 aromatic rings. The zero-order valence-corrected chi connectivity index (χ0v) is 16.2. The molecule has 0 saturated heterocycles. The van der Waals surface area contributed by atoms with Crippen molar-refractivity contribution in [1.29, 1.82) is 0 Å². The molecule has 4 rings (SSSR count). The second-order valence-corrected chi connectivity index (χ2v) is 7.60. The van der Waals surface area contributed by atoms with Gasteiger partial charge in [0.2, 0.25) is 0 Å². The summed E-state index contributed by atoms with van der Waals surface area (Å²) in [6.07, 6.45) is 5.52. The maximum atomic E-state index is 12.4. The van der Waals surface area contributed by atoms with E-state index in [0.29, 0.717) is 11.4 Å². The third-order valence-corrected chi connectivity index (χ3v) is 5.17. The molecule has 1 heterocycles. The Hall–Kier alpha value is -3.09. The molecule has 7 heteroatoms. The van der Waals surface area contributed by atoms with Gasteiger partial charge in [-0.1, -0.05) is 25.3 Å². The standard InChI is InChI=1S/C21H25N5O2/c1-13-8-9-16-17(10-13)25-26(24-16)19-12-14(2)11-18(20(19)27)23-21(28)22-15-6-4-3-5-7-15/h8-12,15,27H,3-7H2,1-2H3,(H2,22,23,28). The molecule has 0 spiro atoms. The van der Waals surface area contributed by atoms with Crippen LogP contribution in [0.5, 0.6) is 5.75 Å². The normalized spacial score (nSPS) is 14.9. The topological polar surface area (TPSA) is 92.1 Å². The predicted molar refractivity (Wildman–Crippen MR) is 109 cm³/mol. The zero-order valence-electron chi connectivity index (χ0n) is 16.2. The number of amides is 2. The van der Waals surface area contributed by atoms with Gasteiger partial charge in [-0.25, -0.2) is 4.79 Å². The maximum absolute atomic E-state index is 12.4. The van der Waals surface area contributed by atoms with E-state index in [4.69, 9.17) is 0 Å². The number of phenols is 1. The van der Waals surface area contributed by atoms with E-state index in [0.717, 1.165) is 47.8 Å². The highest BCUT2D eigenvalue weighted by Crippen LogP contribution is 2.32. The summed E-state index contributed by atoms with van der Waals surface area (Å²) in [5.41, 5.74) is 4.26. The van der Waals surface area contributed by atoms with Crippen molar-refractivity contribution in [2.75, 3.05) is 5.32 Å². The maximum Gasteiger partial charge on any atom is 0.319 e. The van der Waals surface area contributed by atoms with E-state index in [9.17, 15) is 9.90 Å². The molecule has 3 N–H and O–H groups in total. The minimum Gasteiger partial charge on any atom is -0.504 e. The van der Waals surface area contributed by atoms with Gasteiger partial charge >= 0.3 is 6.03 Å². The number of hydrogen-bond acceptors (Lipinski definition) is 4. The molecule has 0 radical (unpaired) electrons. The number of carbonyl (C=O) groups excluding carboxylic acids is 1. The molecule has 1 aliphatic carbocycles. The number of hydrogen-bond donors (Lipinski definition) is 3. The summed E-state index contributed by atoms with van der Waals surface area (Å²) in [6.45, 7) is 3.90. The molecule has 146 valence electrons. The van der Waals surface area contributed by atoms with Gasteiger partial charge in [0.15, 0.2) is 5.75 Å². The predicted octanol–water partition coefficient (Wildman–Crippen LogP) is 4.20. The van der Waals surface area contributed by atoms with Gasteiger partial charge in [-0.2, -0.15) is 0 Å². The fraction of sp³-hybridized carbons (Fsp3) is 0.381. The lowest BCUT2D eigenvalue weighted by molar-refractivity contribution is 0.244. The number of benzene rings is 2. The molecular formula is C21H25N5O2. The van der Waals surface area contributed by atoms with Crippen molar-refractivity contribution < 1.29 is 9.90 Å². The van der Waals surface area contributed by atoms with Crippen LogP contribution in [0.1, 0.15) is 43.2 Å². The van der Waals surface area contributed by atoms with Crippen LogP contribution in [0.15, 0.2) is 30.3 Å². The fourth-order valence-corrected chi connectivity index (χ4v) is 3.73. The van der Waals surface area contributed by atoms with Crippen LogP contribution in [0.2, 0.25) is 0 Å². The summed E-state index contributed by atoms with van der Waals surface area (Å²) < 4.78 is 0. The van der Waals surface area contributed by atoms with Crippen molar-refractivity contribution in [3.8, 4) is 11.4 Å². The van der Waals surface area contributed by atoms with E-state index in [-0.39, 0.29) is 17.8 Å². The van der Waals surface area contributed by atoms with Gasteiger partial charge in [0, 0.05) is 6.04 Å². The highest BCUT2D eigenvalue weighted by atomic mass is 16.3. The smallest absolute Gasteiger partial charge is 0.319 e. The van der Waals surface area contributed by atoms with Gasteiger partial charge in [0.05, 0.1) is 5.69 Å². The van der Waals surface area contributed by atoms with E-state index in [1.807, 2.05) is 32.0 Å². The number of nitrogens with zero attached hydrogens (tertiary/aromatic N) is 3. The Morgan fingerprint density at radius 3 is 2.57 bits per heavy atom. The number of aromatic hydroxyl groups is 1. The number of urea groups is 1. The lowest BCUT2D eigenvalue weighted by atomic mass is 9.96. The molecule has 2 amide bonds. The summed E-state index contributed by atoms with van der Waals surface area (Å²) in [6, 6.07) is 9.26. The minimum absolute atomic E-state index is 0.0542. The average molecular weight is 379 g/mol. The Balaban J connectivity index is 1.60. The summed E-state index contributed by atoms with van der Waals surface area (Å²) in [4.78, 5) is 13.8. The SMILES string of the molecule is Cc1cc(NC(=O)NC2CCCCC2)c(O)c(-n2nc3ccc(C)cc3n2)c1. The van der Waals surface area contributed by atoms with Gasteiger partial charge in [-0.05, 0) is 62.1 Å². The Kier molecular flexibility index (Phi) is 4.90. The first-order chi connectivity index (χ1) is 13.5. The van der Waals surface area contributed by atoms with Gasteiger partial charge in [0.25, 0.3) is 0 Å². The average Bonchev–Trinajstić information content (AvgIpc) is 3.08. The molecule has 0 atom stereocenters. The summed E-state index contributed by atoms with van der Waals surface area (Å²) in [5, 5.41) is 25.5. The third kappa shape index (κ3) is 3.78. The number of nitrogens with one attached hydrogen (secondary N) is 2. The number of aromatic nitrogens is 3. The van der Waals surface area contributed by atoms with E-state index < -0.39 is 0 Å². The van der Waals surface area contributed by atoms with Crippen LogP contribution in [-0.4, -0.2) is 32.2 Å². The highest BCUT2D eigenvalue weighted by Gasteiger charge is 2.18. The van der Waals surface area contributed by atoms with Gasteiger partial charge in [-0.15, -0.1) is 15.0 Å². The molecule has 0 aliphatic heterocycles. The summed E-state index contributed by atoms with van der Waals surface area (Å²) in [5.74, 6) is -0.0542. The Bertz CT molecular complexity index is 1020. The van der Waals surface area contributed by atoms with Crippen LogP contribution in [0.25, 0.3) is 16.7 Å². The van der Waals surface area contributed by atoms with E-state index in [1.165, 1.54) is 11.2 Å². The monoisotopic (exact) mass is 379 g/mol. The van der Waals surface area contributed by atoms with Crippen LogP contribution in [0.4, 0.5) is 10.5 Å². The molecule has 1 aromatic heterocycles. The van der Waals surface area contributed by atoms with Crippen molar-refractivity contribution in [3.05, 3.63) is 41.5 Å². The second-order valence-electron chi connectivity index (χ2n) is 7.60. The van der Waals surface area contributed by atoms with Crippen LogP contribution in [-0.2, 0) is 0 Å². The van der Waals surface area contributed by atoms with Gasteiger partial charge in [0.1, 0.15) is 16.7 Å². The Morgan fingerprint density at radius 1 is 1.04 bits per heavy atom. The minimum atomic E-state index is -0.298. The highest BCUT2D eigenvalue weighted by molar-refractivity contribution is 5.92. The van der Waals surface area contributed by atoms with E-state index in [1.54, 1.807) is 12.1 Å².